The fraction of sp³-hybridized carbons (Fsp3) is 0.333. The second kappa shape index (κ2) is 6.90. The van der Waals surface area contributed by atoms with Crippen molar-refractivity contribution in [1.82, 2.24) is 5.32 Å². The molecule has 0 amide bonds. The predicted octanol–water partition coefficient (Wildman–Crippen LogP) is 0.949. The lowest BCUT2D eigenvalue weighted by Gasteiger charge is -2.29. The van der Waals surface area contributed by atoms with Crippen LogP contribution in [0.1, 0.15) is 6.42 Å². The van der Waals surface area contributed by atoms with E-state index in [1.165, 1.54) is 25.2 Å². The van der Waals surface area contributed by atoms with Crippen molar-refractivity contribution in [3.63, 3.8) is 0 Å². The first-order valence-corrected chi connectivity index (χ1v) is 6.75. The summed E-state index contributed by atoms with van der Waals surface area (Å²) < 4.78 is 0. The summed E-state index contributed by atoms with van der Waals surface area (Å²) in [6, 6.07) is 12.2. The molecule has 6 heteroatoms. The molecule has 2 saturated heterocycles. The lowest BCUT2D eigenvalue weighted by atomic mass is 10.2. The molecule has 3 N–H and O–H groups in total. The topological polar surface area (TPSA) is 89.9 Å². The van der Waals surface area contributed by atoms with E-state index in [0.29, 0.717) is 12.2 Å². The van der Waals surface area contributed by atoms with Crippen molar-refractivity contribution in [2.45, 2.75) is 18.5 Å². The summed E-state index contributed by atoms with van der Waals surface area (Å²) in [5.41, 5.74) is 1.39. The summed E-state index contributed by atoms with van der Waals surface area (Å²) in [7, 11) is 0. The Balaban J connectivity index is 0.000000177. The monoisotopic (exact) mass is 290 g/mol. The Kier molecular flexibility index (Phi) is 4.94. The Morgan fingerprint density at radius 3 is 2.19 bits per heavy atom. The molecule has 0 saturated carbocycles. The third-order valence-electron chi connectivity index (χ3n) is 3.51. The van der Waals surface area contributed by atoms with Crippen molar-refractivity contribution in [1.29, 1.82) is 0 Å². The summed E-state index contributed by atoms with van der Waals surface area (Å²) in [6.45, 7) is 2.36. The zero-order valence-electron chi connectivity index (χ0n) is 11.5. The van der Waals surface area contributed by atoms with Gasteiger partial charge >= 0.3 is 11.9 Å². The third kappa shape index (κ3) is 4.32. The van der Waals surface area contributed by atoms with Crippen molar-refractivity contribution in [2.24, 2.45) is 0 Å². The van der Waals surface area contributed by atoms with Crippen LogP contribution in [0.5, 0.6) is 0 Å². The number of hydrogen-bond donors (Lipinski definition) is 3. The van der Waals surface area contributed by atoms with E-state index in [2.05, 4.69) is 40.5 Å². The van der Waals surface area contributed by atoms with Crippen molar-refractivity contribution < 1.29 is 19.8 Å². The lowest BCUT2D eigenvalue weighted by Crippen LogP contribution is -2.43. The van der Waals surface area contributed by atoms with Gasteiger partial charge in [0.05, 0.1) is 0 Å². The van der Waals surface area contributed by atoms with Crippen LogP contribution in [0.15, 0.2) is 42.5 Å². The number of carboxylic acids is 2. The van der Waals surface area contributed by atoms with Gasteiger partial charge < -0.3 is 20.4 Å². The van der Waals surface area contributed by atoms with Gasteiger partial charge in [-0.3, -0.25) is 0 Å². The molecule has 2 heterocycles. The number of carbonyl (C=O) groups is 2. The first-order valence-electron chi connectivity index (χ1n) is 6.75. The molecule has 6 nitrogen and oxygen atoms in total. The Morgan fingerprint density at radius 2 is 1.76 bits per heavy atom. The molecular formula is C15H18N2O4. The molecule has 112 valence electrons. The van der Waals surface area contributed by atoms with Gasteiger partial charge in [-0.1, -0.05) is 18.2 Å². The van der Waals surface area contributed by atoms with E-state index in [1.807, 2.05) is 0 Å². The molecule has 0 aliphatic carbocycles. The van der Waals surface area contributed by atoms with Gasteiger partial charge in [-0.05, 0) is 18.6 Å². The van der Waals surface area contributed by atoms with Gasteiger partial charge in [0.15, 0.2) is 0 Å². The minimum Gasteiger partial charge on any atom is -0.478 e. The number of anilines is 1. The van der Waals surface area contributed by atoms with Gasteiger partial charge in [-0.25, -0.2) is 9.59 Å². The molecule has 3 rings (SSSR count). The quantitative estimate of drug-likeness (QED) is 0.718. The smallest absolute Gasteiger partial charge is 0.328 e. The van der Waals surface area contributed by atoms with Crippen LogP contribution in [0.2, 0.25) is 0 Å². The maximum Gasteiger partial charge on any atom is 0.328 e. The molecule has 2 aliphatic heterocycles. The van der Waals surface area contributed by atoms with Crippen LogP contribution in [0.4, 0.5) is 5.69 Å². The van der Waals surface area contributed by atoms with E-state index in [-0.39, 0.29) is 0 Å². The molecule has 1 aromatic rings. The molecule has 2 atom stereocenters. The van der Waals surface area contributed by atoms with E-state index < -0.39 is 11.9 Å². The highest BCUT2D eigenvalue weighted by atomic mass is 16.4. The molecule has 21 heavy (non-hydrogen) atoms. The van der Waals surface area contributed by atoms with Crippen LogP contribution in [-0.4, -0.2) is 47.3 Å². The van der Waals surface area contributed by atoms with Gasteiger partial charge in [0.25, 0.3) is 0 Å². The summed E-state index contributed by atoms with van der Waals surface area (Å²) >= 11 is 0. The highest BCUT2D eigenvalue weighted by Crippen LogP contribution is 2.28. The summed E-state index contributed by atoms with van der Waals surface area (Å²) in [5, 5.41) is 19.1. The van der Waals surface area contributed by atoms with Crippen molar-refractivity contribution in [3.05, 3.63) is 42.5 Å². The highest BCUT2D eigenvalue weighted by molar-refractivity contribution is 5.89. The number of rotatable bonds is 3. The maximum absolute atomic E-state index is 9.55. The van der Waals surface area contributed by atoms with Crippen molar-refractivity contribution in [3.8, 4) is 0 Å². The second-order valence-electron chi connectivity index (χ2n) is 4.99. The number of piperazine rings is 1. The number of nitrogens with zero attached hydrogens (tertiary/aromatic N) is 1. The van der Waals surface area contributed by atoms with Gasteiger partial charge in [0, 0.05) is 43.0 Å². The van der Waals surface area contributed by atoms with Crippen LogP contribution in [0.3, 0.4) is 0 Å². The number of fused-ring (bicyclic) bond motifs is 2. The van der Waals surface area contributed by atoms with Crippen LogP contribution < -0.4 is 10.2 Å². The Labute approximate surface area is 122 Å². The summed E-state index contributed by atoms with van der Waals surface area (Å²) in [5.74, 6) is -2.51. The van der Waals surface area contributed by atoms with Gasteiger partial charge in [-0.2, -0.15) is 0 Å². The first kappa shape index (κ1) is 15.1. The molecule has 0 aromatic heterocycles. The zero-order chi connectivity index (χ0) is 15.2. The van der Waals surface area contributed by atoms with Crippen LogP contribution in [0, 0.1) is 0 Å². The number of aliphatic carboxylic acids is 2. The molecule has 0 radical (unpaired) electrons. The van der Waals surface area contributed by atoms with Crippen molar-refractivity contribution in [2.75, 3.05) is 18.0 Å². The summed E-state index contributed by atoms with van der Waals surface area (Å²) in [4.78, 5) is 21.6. The first-order chi connectivity index (χ1) is 10.1. The Bertz CT molecular complexity index is 514. The number of benzene rings is 1. The minimum atomic E-state index is -1.26. The number of carboxylic acid groups (broad SMARTS) is 2. The van der Waals surface area contributed by atoms with E-state index in [4.69, 9.17) is 10.2 Å². The molecule has 2 fully saturated rings. The molecule has 2 bridgehead atoms. The van der Waals surface area contributed by atoms with Gasteiger partial charge in [0.2, 0.25) is 0 Å². The average molecular weight is 290 g/mol. The average Bonchev–Trinajstić information content (AvgIpc) is 3.09. The minimum absolute atomic E-state index is 0.558. The number of nitrogens with one attached hydrogen (secondary N) is 1. The fourth-order valence-electron chi connectivity index (χ4n) is 2.64. The number of para-hydroxylation sites is 1. The molecule has 0 spiro atoms. The van der Waals surface area contributed by atoms with Gasteiger partial charge in [-0.15, -0.1) is 0 Å². The van der Waals surface area contributed by atoms with Crippen LogP contribution in [0.25, 0.3) is 0 Å². The second-order valence-corrected chi connectivity index (χ2v) is 4.99. The van der Waals surface area contributed by atoms with E-state index in [0.717, 1.165) is 12.1 Å². The number of hydrogen-bond acceptors (Lipinski definition) is 4. The van der Waals surface area contributed by atoms with E-state index in [1.54, 1.807) is 0 Å². The summed E-state index contributed by atoms with van der Waals surface area (Å²) in [6.07, 6.45) is 2.44. The van der Waals surface area contributed by atoms with Crippen LogP contribution in [-0.2, 0) is 9.59 Å². The molecule has 1 aromatic carbocycles. The largest absolute Gasteiger partial charge is 0.478 e. The third-order valence-corrected chi connectivity index (χ3v) is 3.51. The SMILES string of the molecule is O=C(O)/C=C/C(=O)O.c1ccc(N2C[C@H]3C[C@@H]2CN3)cc1. The Hall–Kier alpha value is -2.34. The molecule has 0 unspecified atom stereocenters. The highest BCUT2D eigenvalue weighted by Gasteiger charge is 2.37. The Morgan fingerprint density at radius 1 is 1.14 bits per heavy atom. The maximum atomic E-state index is 9.55. The zero-order valence-corrected chi connectivity index (χ0v) is 11.5. The normalized spacial score (nSPS) is 23.0. The van der Waals surface area contributed by atoms with E-state index >= 15 is 0 Å². The lowest BCUT2D eigenvalue weighted by molar-refractivity contribution is -0.134. The van der Waals surface area contributed by atoms with E-state index in [9.17, 15) is 9.59 Å². The fourth-order valence-corrected chi connectivity index (χ4v) is 2.64. The van der Waals surface area contributed by atoms with Crippen molar-refractivity contribution >= 4 is 17.6 Å². The van der Waals surface area contributed by atoms with Crippen LogP contribution >= 0.6 is 0 Å². The molecule has 2 aliphatic rings. The van der Waals surface area contributed by atoms with Gasteiger partial charge in [0.1, 0.15) is 0 Å². The standard InChI is InChI=1S/C11H14N2.C4H4O4/c1-2-4-10(5-3-1)13-8-9-6-11(13)7-12-9;5-3(6)1-2-4(7)8/h1-5,9,11-12H,6-8H2;1-2H,(H,5,6)(H,7,8)/b;2-1+/t9-,11-;/m1./s1. The predicted molar refractivity (Wildman–Crippen MR) is 78.4 cm³/mol. The molecular weight excluding hydrogens is 272 g/mol.